The Labute approximate surface area is 142 Å². The fourth-order valence-corrected chi connectivity index (χ4v) is 2.42. The standard InChI is InChI=1S/C15H15Cl2N3O3/c1-8(21)6-19-14(22)10-7-18-13(20-15(10)23)5-9-11(16)3-2-4-12(9)17/h2-4,7-8,21H,5-6H2,1H3,(H,19,22)(H,18,20,23)/t8-/m0/s1. The van der Waals surface area contributed by atoms with Gasteiger partial charge in [-0.25, -0.2) is 4.98 Å². The van der Waals surface area contributed by atoms with Crippen molar-refractivity contribution in [3.8, 4) is 0 Å². The van der Waals surface area contributed by atoms with Gasteiger partial charge in [0.1, 0.15) is 11.4 Å². The molecule has 0 saturated carbocycles. The van der Waals surface area contributed by atoms with Gasteiger partial charge in [-0.2, -0.15) is 0 Å². The Bertz CT molecular complexity index is 755. The molecular formula is C15H15Cl2N3O3. The summed E-state index contributed by atoms with van der Waals surface area (Å²) in [5.41, 5.74) is -0.0498. The number of hydrogen-bond donors (Lipinski definition) is 3. The van der Waals surface area contributed by atoms with Gasteiger partial charge in [0.2, 0.25) is 0 Å². The summed E-state index contributed by atoms with van der Waals surface area (Å²) in [6, 6.07) is 5.11. The molecule has 1 aromatic carbocycles. The average molecular weight is 356 g/mol. The summed E-state index contributed by atoms with van der Waals surface area (Å²) in [5.74, 6) is -0.251. The summed E-state index contributed by atoms with van der Waals surface area (Å²) in [6.07, 6.45) is 0.729. The highest BCUT2D eigenvalue weighted by atomic mass is 35.5. The van der Waals surface area contributed by atoms with Gasteiger partial charge in [0.15, 0.2) is 0 Å². The van der Waals surface area contributed by atoms with Crippen LogP contribution in [0, 0.1) is 0 Å². The van der Waals surface area contributed by atoms with Gasteiger partial charge in [-0.15, -0.1) is 0 Å². The molecule has 1 amide bonds. The van der Waals surface area contributed by atoms with Gasteiger partial charge >= 0.3 is 0 Å². The molecule has 0 aliphatic carbocycles. The maximum atomic E-state index is 12.0. The highest BCUT2D eigenvalue weighted by molar-refractivity contribution is 6.36. The van der Waals surface area contributed by atoms with Crippen molar-refractivity contribution in [2.75, 3.05) is 6.54 Å². The predicted molar refractivity (Wildman–Crippen MR) is 88.1 cm³/mol. The third kappa shape index (κ3) is 4.54. The highest BCUT2D eigenvalue weighted by Crippen LogP contribution is 2.25. The van der Waals surface area contributed by atoms with Crippen LogP contribution in [-0.2, 0) is 6.42 Å². The smallest absolute Gasteiger partial charge is 0.263 e. The molecule has 6 nitrogen and oxygen atoms in total. The SMILES string of the molecule is C[C@H](O)CNC(=O)c1cnc(Cc2c(Cl)cccc2Cl)[nH]c1=O. The number of amides is 1. The summed E-state index contributed by atoms with van der Waals surface area (Å²) >= 11 is 12.2. The minimum absolute atomic E-state index is 0.0508. The first-order valence-electron chi connectivity index (χ1n) is 6.86. The van der Waals surface area contributed by atoms with Crippen LogP contribution < -0.4 is 10.9 Å². The second-order valence-electron chi connectivity index (χ2n) is 5.01. The van der Waals surface area contributed by atoms with E-state index in [1.54, 1.807) is 18.2 Å². The molecular weight excluding hydrogens is 341 g/mol. The second kappa shape index (κ2) is 7.59. The van der Waals surface area contributed by atoms with Crippen molar-refractivity contribution in [1.82, 2.24) is 15.3 Å². The third-order valence-electron chi connectivity index (χ3n) is 3.06. The van der Waals surface area contributed by atoms with Crippen molar-refractivity contribution < 1.29 is 9.90 Å². The molecule has 122 valence electrons. The molecule has 1 atom stereocenters. The molecule has 0 radical (unpaired) electrons. The van der Waals surface area contributed by atoms with Crippen LogP contribution in [0.1, 0.15) is 28.7 Å². The zero-order chi connectivity index (χ0) is 17.0. The number of carbonyl (C=O) groups excluding carboxylic acids is 1. The Hall–Kier alpha value is -1.89. The lowest BCUT2D eigenvalue weighted by molar-refractivity contribution is 0.0922. The number of aromatic amines is 1. The Morgan fingerprint density at radius 3 is 2.61 bits per heavy atom. The van der Waals surface area contributed by atoms with E-state index in [2.05, 4.69) is 15.3 Å². The molecule has 1 heterocycles. The number of H-pyrrole nitrogens is 1. The van der Waals surface area contributed by atoms with Gasteiger partial charge < -0.3 is 15.4 Å². The van der Waals surface area contributed by atoms with Crippen molar-refractivity contribution in [3.05, 3.63) is 61.7 Å². The van der Waals surface area contributed by atoms with Crippen LogP contribution in [0.4, 0.5) is 0 Å². The number of aliphatic hydroxyl groups is 1. The Balaban J connectivity index is 2.20. The fraction of sp³-hybridized carbons (Fsp3) is 0.267. The summed E-state index contributed by atoms with van der Waals surface area (Å²) < 4.78 is 0. The van der Waals surface area contributed by atoms with E-state index in [4.69, 9.17) is 28.3 Å². The van der Waals surface area contributed by atoms with Crippen molar-refractivity contribution >= 4 is 29.1 Å². The molecule has 3 N–H and O–H groups in total. The van der Waals surface area contributed by atoms with Crippen LogP contribution >= 0.6 is 23.2 Å². The van der Waals surface area contributed by atoms with Gasteiger partial charge in [-0.3, -0.25) is 9.59 Å². The molecule has 0 spiro atoms. The number of carbonyl (C=O) groups is 1. The number of aromatic nitrogens is 2. The molecule has 0 aliphatic heterocycles. The first-order valence-corrected chi connectivity index (χ1v) is 7.61. The largest absolute Gasteiger partial charge is 0.392 e. The number of hydrogen-bond acceptors (Lipinski definition) is 4. The van der Waals surface area contributed by atoms with Crippen LogP contribution in [-0.4, -0.2) is 33.6 Å². The van der Waals surface area contributed by atoms with E-state index >= 15 is 0 Å². The minimum atomic E-state index is -0.701. The number of rotatable bonds is 5. The lowest BCUT2D eigenvalue weighted by Crippen LogP contribution is -2.34. The van der Waals surface area contributed by atoms with E-state index < -0.39 is 17.6 Å². The molecule has 23 heavy (non-hydrogen) atoms. The van der Waals surface area contributed by atoms with E-state index in [-0.39, 0.29) is 18.5 Å². The van der Waals surface area contributed by atoms with Crippen LogP contribution in [0.5, 0.6) is 0 Å². The Morgan fingerprint density at radius 2 is 2.04 bits per heavy atom. The first kappa shape index (κ1) is 17.5. The van der Waals surface area contributed by atoms with E-state index in [0.717, 1.165) is 0 Å². The monoisotopic (exact) mass is 355 g/mol. The van der Waals surface area contributed by atoms with Crippen molar-refractivity contribution in [1.29, 1.82) is 0 Å². The van der Waals surface area contributed by atoms with Crippen LogP contribution in [0.25, 0.3) is 0 Å². The lowest BCUT2D eigenvalue weighted by atomic mass is 10.1. The molecule has 2 rings (SSSR count). The normalized spacial score (nSPS) is 12.0. The molecule has 0 aliphatic rings. The molecule has 0 saturated heterocycles. The molecule has 0 unspecified atom stereocenters. The van der Waals surface area contributed by atoms with Crippen molar-refractivity contribution in [2.24, 2.45) is 0 Å². The van der Waals surface area contributed by atoms with Gasteiger partial charge in [0.05, 0.1) is 6.10 Å². The summed E-state index contributed by atoms with van der Waals surface area (Å²) in [7, 11) is 0. The lowest BCUT2D eigenvalue weighted by Gasteiger charge is -2.08. The van der Waals surface area contributed by atoms with Crippen molar-refractivity contribution in [2.45, 2.75) is 19.4 Å². The fourth-order valence-electron chi connectivity index (χ4n) is 1.89. The number of aliphatic hydroxyl groups excluding tert-OH is 1. The zero-order valence-corrected chi connectivity index (χ0v) is 13.8. The highest BCUT2D eigenvalue weighted by Gasteiger charge is 2.14. The minimum Gasteiger partial charge on any atom is -0.392 e. The number of halogens is 2. The first-order chi connectivity index (χ1) is 10.9. The summed E-state index contributed by atoms with van der Waals surface area (Å²) in [6.45, 7) is 1.58. The quantitative estimate of drug-likeness (QED) is 0.761. The number of benzene rings is 1. The van der Waals surface area contributed by atoms with Gasteiger partial charge in [0.25, 0.3) is 11.5 Å². The van der Waals surface area contributed by atoms with Gasteiger partial charge in [0, 0.05) is 29.2 Å². The van der Waals surface area contributed by atoms with E-state index in [9.17, 15) is 9.59 Å². The van der Waals surface area contributed by atoms with Crippen LogP contribution in [0.2, 0.25) is 10.0 Å². The number of nitrogens with one attached hydrogen (secondary N) is 2. The van der Waals surface area contributed by atoms with E-state index in [1.807, 2.05) is 0 Å². The Morgan fingerprint density at radius 1 is 1.39 bits per heavy atom. The van der Waals surface area contributed by atoms with Crippen molar-refractivity contribution in [3.63, 3.8) is 0 Å². The molecule has 2 aromatic rings. The van der Waals surface area contributed by atoms with Gasteiger partial charge in [-0.05, 0) is 24.6 Å². The maximum Gasteiger partial charge on any atom is 0.263 e. The second-order valence-corrected chi connectivity index (χ2v) is 5.82. The summed E-state index contributed by atoms with van der Waals surface area (Å²) in [4.78, 5) is 30.4. The van der Waals surface area contributed by atoms with E-state index in [1.165, 1.54) is 13.1 Å². The summed E-state index contributed by atoms with van der Waals surface area (Å²) in [5, 5.41) is 12.5. The Kier molecular flexibility index (Phi) is 5.76. The molecule has 0 bridgehead atoms. The van der Waals surface area contributed by atoms with Gasteiger partial charge in [-0.1, -0.05) is 29.3 Å². The van der Waals surface area contributed by atoms with Crippen LogP contribution in [0.3, 0.4) is 0 Å². The molecule has 8 heteroatoms. The maximum absolute atomic E-state index is 12.0. The third-order valence-corrected chi connectivity index (χ3v) is 3.77. The van der Waals surface area contributed by atoms with E-state index in [0.29, 0.717) is 21.4 Å². The topological polar surface area (TPSA) is 95.1 Å². The zero-order valence-electron chi connectivity index (χ0n) is 12.3. The average Bonchev–Trinajstić information content (AvgIpc) is 2.49. The number of nitrogens with zero attached hydrogens (tertiary/aromatic N) is 1. The molecule has 1 aromatic heterocycles. The molecule has 0 fully saturated rings. The predicted octanol–water partition coefficient (Wildman–Crippen LogP) is 1.78. The van der Waals surface area contributed by atoms with Crippen LogP contribution in [0.15, 0.2) is 29.2 Å².